The zero-order valence-electron chi connectivity index (χ0n) is 27.2. The molecule has 1 aliphatic rings. The number of aliphatic hydroxyl groups excluding tert-OH is 1. The van der Waals surface area contributed by atoms with Gasteiger partial charge in [0.15, 0.2) is 0 Å². The van der Waals surface area contributed by atoms with Crippen LogP contribution in [0.25, 0.3) is 0 Å². The molecule has 1 fully saturated rings. The molecule has 0 spiro atoms. The fourth-order valence-corrected chi connectivity index (χ4v) is 6.13. The minimum atomic E-state index is -0.813. The Morgan fingerprint density at radius 2 is 1.74 bits per heavy atom. The predicted octanol–water partition coefficient (Wildman–Crippen LogP) is 3.75. The topological polar surface area (TPSA) is 125 Å². The van der Waals surface area contributed by atoms with E-state index < -0.39 is 24.3 Å². The molecule has 0 bridgehead atoms. The van der Waals surface area contributed by atoms with Gasteiger partial charge in [0, 0.05) is 32.7 Å². The van der Waals surface area contributed by atoms with Crippen molar-refractivity contribution in [2.24, 2.45) is 29.4 Å². The number of rotatable bonds is 15. The highest BCUT2D eigenvalue weighted by molar-refractivity contribution is 5.82. The van der Waals surface area contributed by atoms with Gasteiger partial charge in [0.1, 0.15) is 0 Å². The Hall–Kier alpha value is -2.49. The SMILES string of the molecule is CC[C@H](C)[C@@H]([C@@H](CC(=O)N1CCC[C@H]1[C@H](C)[C@@H](C)C(=O)N[C@H](C)[C@@H](O)c1ccccc1)OC)N(C)C(=O)[C@@H](N)C(C)C. The average Bonchev–Trinajstić information content (AvgIpc) is 3.48. The van der Waals surface area contributed by atoms with Crippen molar-refractivity contribution in [1.82, 2.24) is 15.1 Å². The number of hydrogen-bond donors (Lipinski definition) is 3. The molecule has 1 aromatic carbocycles. The minimum Gasteiger partial charge on any atom is -0.386 e. The van der Waals surface area contributed by atoms with Crippen molar-refractivity contribution in [3.8, 4) is 0 Å². The lowest BCUT2D eigenvalue weighted by Gasteiger charge is -2.40. The highest BCUT2D eigenvalue weighted by atomic mass is 16.5. The van der Waals surface area contributed by atoms with Gasteiger partial charge in [-0.2, -0.15) is 0 Å². The number of carbonyl (C=O) groups excluding carboxylic acids is 3. The zero-order chi connectivity index (χ0) is 31.7. The third-order valence-corrected chi connectivity index (χ3v) is 9.50. The van der Waals surface area contributed by atoms with Crippen LogP contribution in [0.15, 0.2) is 30.3 Å². The molecule has 0 saturated carbocycles. The second-order valence-electron chi connectivity index (χ2n) is 12.7. The van der Waals surface area contributed by atoms with E-state index in [0.717, 1.165) is 24.8 Å². The van der Waals surface area contributed by atoms with Crippen molar-refractivity contribution in [2.45, 2.75) is 111 Å². The number of ether oxygens (including phenoxy) is 1. The van der Waals surface area contributed by atoms with Crippen molar-refractivity contribution in [2.75, 3.05) is 20.7 Å². The van der Waals surface area contributed by atoms with Crippen molar-refractivity contribution in [3.63, 3.8) is 0 Å². The molecule has 1 aliphatic heterocycles. The van der Waals surface area contributed by atoms with Crippen LogP contribution in [-0.4, -0.2) is 83.6 Å². The minimum absolute atomic E-state index is 0.00390. The molecule has 9 atom stereocenters. The Balaban J connectivity index is 2.12. The van der Waals surface area contributed by atoms with Gasteiger partial charge in [-0.3, -0.25) is 14.4 Å². The number of aliphatic hydroxyl groups is 1. The first-order valence-corrected chi connectivity index (χ1v) is 15.6. The lowest BCUT2D eigenvalue weighted by Crippen LogP contribution is -2.56. The van der Waals surface area contributed by atoms with Gasteiger partial charge in [-0.05, 0) is 43.1 Å². The molecule has 4 N–H and O–H groups in total. The van der Waals surface area contributed by atoms with E-state index >= 15 is 0 Å². The number of carbonyl (C=O) groups is 3. The van der Waals surface area contributed by atoms with Crippen LogP contribution < -0.4 is 11.1 Å². The highest BCUT2D eigenvalue weighted by Gasteiger charge is 2.41. The Kier molecular flexibility index (Phi) is 13.9. The molecule has 0 radical (unpaired) electrons. The first kappa shape index (κ1) is 35.7. The first-order chi connectivity index (χ1) is 19.8. The van der Waals surface area contributed by atoms with Crippen molar-refractivity contribution in [3.05, 3.63) is 35.9 Å². The summed E-state index contributed by atoms with van der Waals surface area (Å²) in [6.45, 7) is 14.3. The van der Waals surface area contributed by atoms with Crippen molar-refractivity contribution < 1.29 is 24.2 Å². The number of hydrogen-bond acceptors (Lipinski definition) is 6. The molecule has 0 unspecified atom stereocenters. The van der Waals surface area contributed by atoms with Crippen LogP contribution in [0.1, 0.15) is 85.8 Å². The maximum atomic E-state index is 13.8. The number of likely N-dealkylation sites (tertiary alicyclic amines) is 1. The quantitative estimate of drug-likeness (QED) is 0.287. The summed E-state index contributed by atoms with van der Waals surface area (Å²) in [6.07, 6.45) is 1.35. The smallest absolute Gasteiger partial charge is 0.239 e. The fourth-order valence-electron chi connectivity index (χ4n) is 6.13. The summed E-state index contributed by atoms with van der Waals surface area (Å²) in [4.78, 5) is 43.8. The number of nitrogens with one attached hydrogen (secondary N) is 1. The molecule has 2 rings (SSSR count). The molecule has 9 heteroatoms. The summed E-state index contributed by atoms with van der Waals surface area (Å²) in [5.74, 6) is -0.671. The maximum Gasteiger partial charge on any atom is 0.239 e. The zero-order valence-corrected chi connectivity index (χ0v) is 27.2. The van der Waals surface area contributed by atoms with Gasteiger partial charge in [-0.1, -0.05) is 78.3 Å². The summed E-state index contributed by atoms with van der Waals surface area (Å²) in [6, 6.07) is 7.82. The van der Waals surface area contributed by atoms with Crippen LogP contribution in [0, 0.1) is 23.7 Å². The second kappa shape index (κ2) is 16.4. The lowest BCUT2D eigenvalue weighted by molar-refractivity contribution is -0.144. The van der Waals surface area contributed by atoms with Crippen LogP contribution in [0.5, 0.6) is 0 Å². The van der Waals surface area contributed by atoms with E-state index in [-0.39, 0.29) is 59.9 Å². The van der Waals surface area contributed by atoms with Gasteiger partial charge in [0.05, 0.1) is 36.8 Å². The predicted molar refractivity (Wildman–Crippen MR) is 166 cm³/mol. The molecule has 0 aliphatic carbocycles. The number of likely N-dealkylation sites (N-methyl/N-ethyl adjacent to an activating group) is 1. The molecule has 42 heavy (non-hydrogen) atoms. The molecule has 0 aromatic heterocycles. The highest BCUT2D eigenvalue weighted by Crippen LogP contribution is 2.31. The first-order valence-electron chi connectivity index (χ1n) is 15.6. The summed E-state index contributed by atoms with van der Waals surface area (Å²) in [5.41, 5.74) is 6.96. The third-order valence-electron chi connectivity index (χ3n) is 9.50. The molecular weight excluding hydrogens is 532 g/mol. The molecule has 238 valence electrons. The summed E-state index contributed by atoms with van der Waals surface area (Å²) in [5, 5.41) is 13.7. The number of benzene rings is 1. The van der Waals surface area contributed by atoms with Gasteiger partial charge in [0.2, 0.25) is 17.7 Å². The van der Waals surface area contributed by atoms with E-state index in [1.54, 1.807) is 26.0 Å². The standard InChI is InChI=1S/C33H56N4O5/c1-10-21(4)30(36(8)33(41)29(34)20(2)3)27(42-9)19-28(38)37-18-14-17-26(37)22(5)23(6)32(40)35-24(7)31(39)25-15-12-11-13-16-25/h11-13,15-16,20-24,26-27,29-31,39H,10,14,17-19,34H2,1-9H3,(H,35,40)/t21-,22+,23+,24+,26-,27+,29-,30-,31+/m0/s1. The largest absolute Gasteiger partial charge is 0.386 e. The monoisotopic (exact) mass is 588 g/mol. The molecule has 3 amide bonds. The Morgan fingerprint density at radius 3 is 2.29 bits per heavy atom. The summed E-state index contributed by atoms with van der Waals surface area (Å²) in [7, 11) is 3.35. The lowest BCUT2D eigenvalue weighted by atomic mass is 9.86. The van der Waals surface area contributed by atoms with Gasteiger partial charge in [0.25, 0.3) is 0 Å². The Morgan fingerprint density at radius 1 is 1.12 bits per heavy atom. The van der Waals surface area contributed by atoms with Crippen molar-refractivity contribution in [1.29, 1.82) is 0 Å². The van der Waals surface area contributed by atoms with E-state index in [1.807, 2.05) is 62.9 Å². The maximum absolute atomic E-state index is 13.8. The number of nitrogens with zero attached hydrogens (tertiary/aromatic N) is 2. The fraction of sp³-hybridized carbons (Fsp3) is 0.727. The van der Waals surface area contributed by atoms with Crippen molar-refractivity contribution >= 4 is 17.7 Å². The van der Waals surface area contributed by atoms with Crippen LogP contribution >= 0.6 is 0 Å². The number of methoxy groups -OCH3 is 1. The van der Waals surface area contributed by atoms with E-state index in [0.29, 0.717) is 6.54 Å². The van der Waals surface area contributed by atoms with E-state index in [1.165, 1.54) is 0 Å². The Labute approximate surface area is 253 Å². The molecule has 1 heterocycles. The van der Waals surface area contributed by atoms with Gasteiger partial charge >= 0.3 is 0 Å². The third kappa shape index (κ3) is 8.77. The normalized spacial score (nSPS) is 21.1. The molecule has 1 aromatic rings. The summed E-state index contributed by atoms with van der Waals surface area (Å²) >= 11 is 0. The van der Waals surface area contributed by atoms with Crippen LogP contribution in [0.3, 0.4) is 0 Å². The van der Waals surface area contributed by atoms with E-state index in [2.05, 4.69) is 19.2 Å². The van der Waals surface area contributed by atoms with Gasteiger partial charge < -0.3 is 30.7 Å². The van der Waals surface area contributed by atoms with Crippen LogP contribution in [-0.2, 0) is 19.1 Å². The average molecular weight is 589 g/mol. The Bertz CT molecular complexity index is 1010. The number of amides is 3. The van der Waals surface area contributed by atoms with Gasteiger partial charge in [-0.15, -0.1) is 0 Å². The van der Waals surface area contributed by atoms with Crippen LogP contribution in [0.4, 0.5) is 0 Å². The molecular formula is C33H56N4O5. The van der Waals surface area contributed by atoms with Gasteiger partial charge in [-0.25, -0.2) is 0 Å². The second-order valence-corrected chi connectivity index (χ2v) is 12.7. The van der Waals surface area contributed by atoms with E-state index in [9.17, 15) is 19.5 Å². The van der Waals surface area contributed by atoms with Crippen LogP contribution in [0.2, 0.25) is 0 Å². The molecule has 9 nitrogen and oxygen atoms in total. The van der Waals surface area contributed by atoms with E-state index in [4.69, 9.17) is 10.5 Å². The summed E-state index contributed by atoms with van der Waals surface area (Å²) < 4.78 is 5.89. The molecule has 1 saturated heterocycles. The number of nitrogens with two attached hydrogens (primary N) is 1.